The molecule has 0 radical (unpaired) electrons. The van der Waals surface area contributed by atoms with Crippen LogP contribution in [0.5, 0.6) is 0 Å². The van der Waals surface area contributed by atoms with E-state index in [1.807, 2.05) is 13.0 Å². The van der Waals surface area contributed by atoms with Gasteiger partial charge in [-0.2, -0.15) is 5.26 Å². The van der Waals surface area contributed by atoms with Gasteiger partial charge in [-0.05, 0) is 24.6 Å². The lowest BCUT2D eigenvalue weighted by Gasteiger charge is -2.04. The Balaban J connectivity index is 1.81. The molecule has 0 saturated carbocycles. The molecule has 2 rings (SSSR count). The van der Waals surface area contributed by atoms with E-state index in [0.717, 1.165) is 29.2 Å². The standard InChI is InChI=1S/C14H14FN3S/c1-10-18-13(9-19-10)4-5-17-8-11-2-3-14(15)12(6-11)7-16/h2-3,6,9,17H,4-5,8H2,1H3. The fraction of sp³-hybridized carbons (Fsp3) is 0.286. The fourth-order valence-corrected chi connectivity index (χ4v) is 2.39. The molecule has 1 heterocycles. The number of hydrogen-bond donors (Lipinski definition) is 1. The van der Waals surface area contributed by atoms with Crippen molar-refractivity contribution in [2.45, 2.75) is 19.9 Å². The maximum absolute atomic E-state index is 13.1. The van der Waals surface area contributed by atoms with Gasteiger partial charge in [0.1, 0.15) is 11.9 Å². The van der Waals surface area contributed by atoms with Gasteiger partial charge in [0.2, 0.25) is 0 Å². The Morgan fingerprint density at radius 3 is 3.00 bits per heavy atom. The average molecular weight is 275 g/mol. The molecule has 0 spiro atoms. The van der Waals surface area contributed by atoms with Gasteiger partial charge >= 0.3 is 0 Å². The van der Waals surface area contributed by atoms with E-state index in [2.05, 4.69) is 15.7 Å². The minimum absolute atomic E-state index is 0.0921. The summed E-state index contributed by atoms with van der Waals surface area (Å²) in [7, 11) is 0. The molecule has 0 amide bonds. The molecule has 1 N–H and O–H groups in total. The number of aryl methyl sites for hydroxylation is 1. The molecule has 1 aromatic heterocycles. The topological polar surface area (TPSA) is 48.7 Å². The maximum Gasteiger partial charge on any atom is 0.140 e. The van der Waals surface area contributed by atoms with Crippen LogP contribution in [0.2, 0.25) is 0 Å². The summed E-state index contributed by atoms with van der Waals surface area (Å²) in [6.45, 7) is 3.42. The number of thiazole rings is 1. The highest BCUT2D eigenvalue weighted by atomic mass is 32.1. The van der Waals surface area contributed by atoms with E-state index in [4.69, 9.17) is 5.26 Å². The van der Waals surface area contributed by atoms with Crippen molar-refractivity contribution < 1.29 is 4.39 Å². The average Bonchev–Trinajstić information content (AvgIpc) is 2.82. The fourth-order valence-electron chi connectivity index (χ4n) is 1.74. The van der Waals surface area contributed by atoms with Crippen LogP contribution in [0, 0.1) is 24.1 Å². The third-order valence-corrected chi connectivity index (χ3v) is 3.53. The van der Waals surface area contributed by atoms with Crippen LogP contribution in [0.15, 0.2) is 23.6 Å². The van der Waals surface area contributed by atoms with E-state index in [0.29, 0.717) is 6.54 Å². The zero-order chi connectivity index (χ0) is 13.7. The van der Waals surface area contributed by atoms with Gasteiger partial charge in [-0.25, -0.2) is 9.37 Å². The molecule has 0 fully saturated rings. The first-order valence-corrected chi connectivity index (χ1v) is 6.87. The third-order valence-electron chi connectivity index (χ3n) is 2.70. The lowest BCUT2D eigenvalue weighted by molar-refractivity contribution is 0.620. The Morgan fingerprint density at radius 2 is 2.32 bits per heavy atom. The Kier molecular flexibility index (Phi) is 4.61. The van der Waals surface area contributed by atoms with Gasteiger partial charge in [0.25, 0.3) is 0 Å². The number of benzene rings is 1. The minimum atomic E-state index is -0.468. The maximum atomic E-state index is 13.1. The molecule has 5 heteroatoms. The number of nitriles is 1. The highest BCUT2D eigenvalue weighted by Crippen LogP contribution is 2.10. The SMILES string of the molecule is Cc1nc(CCNCc2ccc(F)c(C#N)c2)cs1. The van der Waals surface area contributed by atoms with Crippen LogP contribution in [-0.2, 0) is 13.0 Å². The predicted octanol–water partition coefficient (Wildman–Crippen LogP) is 2.79. The van der Waals surface area contributed by atoms with Crippen molar-refractivity contribution in [3.63, 3.8) is 0 Å². The van der Waals surface area contributed by atoms with E-state index in [1.54, 1.807) is 23.5 Å². The lowest BCUT2D eigenvalue weighted by atomic mass is 10.1. The van der Waals surface area contributed by atoms with Gasteiger partial charge in [0, 0.05) is 24.9 Å². The lowest BCUT2D eigenvalue weighted by Crippen LogP contribution is -2.17. The Morgan fingerprint density at radius 1 is 1.47 bits per heavy atom. The zero-order valence-corrected chi connectivity index (χ0v) is 11.4. The molecule has 0 bridgehead atoms. The summed E-state index contributed by atoms with van der Waals surface area (Å²) in [6, 6.07) is 6.45. The summed E-state index contributed by atoms with van der Waals surface area (Å²) in [6.07, 6.45) is 0.872. The molecule has 0 atom stereocenters. The molecule has 2 aromatic rings. The normalized spacial score (nSPS) is 10.4. The van der Waals surface area contributed by atoms with Crippen molar-refractivity contribution in [2.75, 3.05) is 6.54 Å². The van der Waals surface area contributed by atoms with Crippen molar-refractivity contribution in [3.8, 4) is 6.07 Å². The van der Waals surface area contributed by atoms with Gasteiger partial charge in [-0.3, -0.25) is 0 Å². The number of rotatable bonds is 5. The van der Waals surface area contributed by atoms with E-state index >= 15 is 0 Å². The van der Waals surface area contributed by atoms with Crippen LogP contribution in [-0.4, -0.2) is 11.5 Å². The molecule has 0 aliphatic heterocycles. The third kappa shape index (κ3) is 3.85. The van der Waals surface area contributed by atoms with Crippen LogP contribution in [0.1, 0.15) is 21.8 Å². The number of hydrogen-bond acceptors (Lipinski definition) is 4. The summed E-state index contributed by atoms with van der Waals surface area (Å²) in [5.41, 5.74) is 2.09. The zero-order valence-electron chi connectivity index (χ0n) is 10.6. The van der Waals surface area contributed by atoms with Gasteiger partial charge < -0.3 is 5.32 Å². The van der Waals surface area contributed by atoms with E-state index in [-0.39, 0.29) is 5.56 Å². The van der Waals surface area contributed by atoms with Crippen molar-refractivity contribution in [1.29, 1.82) is 5.26 Å². The molecule has 0 saturated heterocycles. The minimum Gasteiger partial charge on any atom is -0.312 e. The molecule has 0 aliphatic carbocycles. The monoisotopic (exact) mass is 275 g/mol. The second kappa shape index (κ2) is 6.41. The van der Waals surface area contributed by atoms with Gasteiger partial charge in [0.05, 0.1) is 16.3 Å². The van der Waals surface area contributed by atoms with Crippen molar-refractivity contribution in [1.82, 2.24) is 10.3 Å². The predicted molar refractivity (Wildman–Crippen MR) is 73.4 cm³/mol. The molecular formula is C14H14FN3S. The molecular weight excluding hydrogens is 261 g/mol. The smallest absolute Gasteiger partial charge is 0.140 e. The van der Waals surface area contributed by atoms with Gasteiger partial charge in [-0.15, -0.1) is 11.3 Å². The highest BCUT2D eigenvalue weighted by molar-refractivity contribution is 7.09. The molecule has 98 valence electrons. The van der Waals surface area contributed by atoms with E-state index in [1.165, 1.54) is 6.07 Å². The first kappa shape index (κ1) is 13.7. The number of nitrogens with zero attached hydrogens (tertiary/aromatic N) is 2. The van der Waals surface area contributed by atoms with Gasteiger partial charge in [-0.1, -0.05) is 6.07 Å². The summed E-state index contributed by atoms with van der Waals surface area (Å²) >= 11 is 1.65. The van der Waals surface area contributed by atoms with E-state index in [9.17, 15) is 4.39 Å². The van der Waals surface area contributed by atoms with Crippen molar-refractivity contribution in [3.05, 3.63) is 51.2 Å². The van der Waals surface area contributed by atoms with Crippen LogP contribution < -0.4 is 5.32 Å². The van der Waals surface area contributed by atoms with Gasteiger partial charge in [0.15, 0.2) is 0 Å². The molecule has 1 aromatic carbocycles. The number of aromatic nitrogens is 1. The Hall–Kier alpha value is -1.77. The Bertz CT molecular complexity index is 601. The first-order valence-electron chi connectivity index (χ1n) is 5.99. The highest BCUT2D eigenvalue weighted by Gasteiger charge is 2.03. The Labute approximate surface area is 115 Å². The molecule has 0 unspecified atom stereocenters. The number of nitrogens with one attached hydrogen (secondary N) is 1. The van der Waals surface area contributed by atoms with Crippen LogP contribution >= 0.6 is 11.3 Å². The molecule has 0 aliphatic rings. The van der Waals surface area contributed by atoms with Crippen LogP contribution in [0.4, 0.5) is 4.39 Å². The first-order chi connectivity index (χ1) is 9.19. The van der Waals surface area contributed by atoms with E-state index < -0.39 is 5.82 Å². The van der Waals surface area contributed by atoms with Crippen LogP contribution in [0.25, 0.3) is 0 Å². The molecule has 3 nitrogen and oxygen atoms in total. The van der Waals surface area contributed by atoms with Crippen LogP contribution in [0.3, 0.4) is 0 Å². The summed E-state index contributed by atoms with van der Waals surface area (Å²) in [5.74, 6) is -0.468. The van der Waals surface area contributed by atoms with Crippen molar-refractivity contribution >= 4 is 11.3 Å². The summed E-state index contributed by atoms with van der Waals surface area (Å²) < 4.78 is 13.1. The molecule has 19 heavy (non-hydrogen) atoms. The largest absolute Gasteiger partial charge is 0.312 e. The van der Waals surface area contributed by atoms with Crippen molar-refractivity contribution in [2.24, 2.45) is 0 Å². The second-order valence-corrected chi connectivity index (χ2v) is 5.27. The number of halogens is 1. The summed E-state index contributed by atoms with van der Waals surface area (Å²) in [4.78, 5) is 4.38. The quantitative estimate of drug-likeness (QED) is 0.854. The second-order valence-electron chi connectivity index (χ2n) is 4.21. The summed E-state index contributed by atoms with van der Waals surface area (Å²) in [5, 5.41) is 15.1.